The molecule has 3 saturated heterocycles. The van der Waals surface area contributed by atoms with Crippen molar-refractivity contribution >= 4 is 17.8 Å². The molecular weight excluding hydrogens is 432 g/mol. The Hall–Kier alpha value is -2.73. The van der Waals surface area contributed by atoms with Gasteiger partial charge < -0.3 is 19.3 Å². The lowest BCUT2D eigenvalue weighted by Crippen LogP contribution is -2.49. The first-order valence-electron chi connectivity index (χ1n) is 11.2. The van der Waals surface area contributed by atoms with E-state index in [0.29, 0.717) is 52.3 Å². The summed E-state index contributed by atoms with van der Waals surface area (Å²) >= 11 is 0. The minimum Gasteiger partial charge on any atom is -0.378 e. The predicted molar refractivity (Wildman–Crippen MR) is 114 cm³/mol. The van der Waals surface area contributed by atoms with Crippen molar-refractivity contribution in [3.05, 3.63) is 35.9 Å². The summed E-state index contributed by atoms with van der Waals surface area (Å²) in [5.41, 5.74) is 3.37. The van der Waals surface area contributed by atoms with Crippen LogP contribution in [0, 0.1) is 0 Å². The molecule has 0 saturated carbocycles. The number of hydrogen-bond acceptors (Lipinski definition) is 7. The normalized spacial score (nSPS) is 22.5. The van der Waals surface area contributed by atoms with Gasteiger partial charge in [0.2, 0.25) is 5.91 Å². The first kappa shape index (κ1) is 23.4. The Balaban J connectivity index is 1.14. The Morgan fingerprint density at radius 3 is 2.67 bits per heavy atom. The van der Waals surface area contributed by atoms with Gasteiger partial charge >= 0.3 is 6.03 Å². The van der Waals surface area contributed by atoms with E-state index in [2.05, 4.69) is 5.48 Å². The molecule has 3 heterocycles. The van der Waals surface area contributed by atoms with Gasteiger partial charge in [-0.3, -0.25) is 19.3 Å². The van der Waals surface area contributed by atoms with Crippen molar-refractivity contribution in [2.45, 2.75) is 31.5 Å². The van der Waals surface area contributed by atoms with Gasteiger partial charge in [-0.2, -0.15) is 5.06 Å². The minimum atomic E-state index is -0.608. The van der Waals surface area contributed by atoms with Crippen LogP contribution in [0.2, 0.25) is 0 Å². The Kier molecular flexibility index (Phi) is 8.10. The summed E-state index contributed by atoms with van der Waals surface area (Å²) < 4.78 is 10.5. The van der Waals surface area contributed by atoms with Gasteiger partial charge in [-0.15, -0.1) is 0 Å². The molecule has 3 aliphatic heterocycles. The summed E-state index contributed by atoms with van der Waals surface area (Å²) in [6.07, 6.45) is 1.20. The third-order valence-corrected chi connectivity index (χ3v) is 5.93. The second-order valence-corrected chi connectivity index (χ2v) is 8.13. The summed E-state index contributed by atoms with van der Waals surface area (Å²) in [6, 6.07) is 8.64. The highest BCUT2D eigenvalue weighted by Gasteiger charge is 2.48. The van der Waals surface area contributed by atoms with Crippen LogP contribution in [0.15, 0.2) is 30.3 Å². The number of carbonyl (C=O) groups excluding carboxylic acids is 3. The Morgan fingerprint density at radius 1 is 1.09 bits per heavy atom. The van der Waals surface area contributed by atoms with Crippen LogP contribution < -0.4 is 5.48 Å². The number of carbonyl (C=O) groups is 3. The van der Waals surface area contributed by atoms with Crippen LogP contribution in [0.4, 0.5) is 4.79 Å². The highest BCUT2D eigenvalue weighted by molar-refractivity contribution is 5.88. The van der Waals surface area contributed by atoms with E-state index in [-0.39, 0.29) is 43.7 Å². The van der Waals surface area contributed by atoms with E-state index < -0.39 is 6.04 Å². The van der Waals surface area contributed by atoms with Crippen molar-refractivity contribution in [3.63, 3.8) is 0 Å². The standard InChI is InChI=1S/C22H30N4O7/c27-20(24-8-10-30-11-9-24)16-31-12-13-32-23-21(28)19-7-6-18-14-25(19)22(29)26(18)33-15-17-4-2-1-3-5-17/h1-5,18-19H,6-16H2,(H,23,28)/t18-,19+/m1/s1. The first-order valence-corrected chi connectivity index (χ1v) is 11.2. The number of hydrogen-bond donors (Lipinski definition) is 1. The number of nitrogens with one attached hydrogen (secondary N) is 1. The quantitative estimate of drug-likeness (QED) is 0.394. The van der Waals surface area contributed by atoms with Crippen molar-refractivity contribution in [2.75, 3.05) is 52.7 Å². The number of urea groups is 1. The number of nitrogens with zero attached hydrogens (tertiary/aromatic N) is 3. The molecular formula is C22H30N4O7. The Labute approximate surface area is 192 Å². The molecule has 0 aliphatic carbocycles. The maximum atomic E-state index is 12.8. The van der Waals surface area contributed by atoms with Crippen LogP contribution in [0.5, 0.6) is 0 Å². The van der Waals surface area contributed by atoms with Gasteiger partial charge in [0.25, 0.3) is 5.91 Å². The Bertz CT molecular complexity index is 818. The van der Waals surface area contributed by atoms with E-state index in [1.54, 1.807) is 4.90 Å². The molecule has 3 aliphatic rings. The van der Waals surface area contributed by atoms with Crippen LogP contribution in [0.3, 0.4) is 0 Å². The summed E-state index contributed by atoms with van der Waals surface area (Å²) in [7, 11) is 0. The predicted octanol–water partition coefficient (Wildman–Crippen LogP) is 0.310. The smallest absolute Gasteiger partial charge is 0.345 e. The number of ether oxygens (including phenoxy) is 2. The second-order valence-electron chi connectivity index (χ2n) is 8.13. The van der Waals surface area contributed by atoms with Gasteiger partial charge in [0.1, 0.15) is 19.3 Å². The van der Waals surface area contributed by atoms with Gasteiger partial charge in [-0.1, -0.05) is 30.3 Å². The zero-order valence-electron chi connectivity index (χ0n) is 18.5. The number of amides is 4. The van der Waals surface area contributed by atoms with Crippen LogP contribution in [-0.4, -0.2) is 97.5 Å². The molecule has 2 atom stereocenters. The summed E-state index contributed by atoms with van der Waals surface area (Å²) in [5, 5.41) is 1.39. The molecule has 3 fully saturated rings. The van der Waals surface area contributed by atoms with Crippen LogP contribution >= 0.6 is 0 Å². The molecule has 1 aromatic carbocycles. The third-order valence-electron chi connectivity index (χ3n) is 5.93. The van der Waals surface area contributed by atoms with Crippen molar-refractivity contribution in [1.82, 2.24) is 20.3 Å². The Morgan fingerprint density at radius 2 is 1.88 bits per heavy atom. The SMILES string of the molecule is O=C(NOCCOCC(=O)N1CCOCC1)[C@@H]1CC[C@@H]2CN1C(=O)N2OCc1ccccc1. The molecule has 11 nitrogen and oxygen atoms in total. The number of benzene rings is 1. The summed E-state index contributed by atoms with van der Waals surface area (Å²) in [5.74, 6) is -0.471. The molecule has 4 rings (SSSR count). The largest absolute Gasteiger partial charge is 0.378 e. The lowest BCUT2D eigenvalue weighted by molar-refractivity contribution is -0.144. The molecule has 0 unspecified atom stereocenters. The first-order chi connectivity index (χ1) is 16.1. The summed E-state index contributed by atoms with van der Waals surface area (Å²) in [4.78, 5) is 51.5. The minimum absolute atomic E-state index is 0.0393. The van der Waals surface area contributed by atoms with E-state index >= 15 is 0 Å². The number of piperidine rings is 1. The number of hydroxylamine groups is 3. The molecule has 0 radical (unpaired) electrons. The van der Waals surface area contributed by atoms with Gasteiger partial charge in [-0.25, -0.2) is 10.3 Å². The maximum Gasteiger partial charge on any atom is 0.345 e. The van der Waals surface area contributed by atoms with Crippen molar-refractivity contribution in [3.8, 4) is 0 Å². The molecule has 0 spiro atoms. The van der Waals surface area contributed by atoms with E-state index in [1.807, 2.05) is 30.3 Å². The third kappa shape index (κ3) is 5.99. The van der Waals surface area contributed by atoms with Gasteiger partial charge in [0.15, 0.2) is 0 Å². The lowest BCUT2D eigenvalue weighted by atomic mass is 10.0. The molecule has 33 heavy (non-hydrogen) atoms. The second kappa shape index (κ2) is 11.4. The average molecular weight is 463 g/mol. The molecule has 1 aromatic rings. The zero-order chi connectivity index (χ0) is 23.0. The van der Waals surface area contributed by atoms with Crippen molar-refractivity contribution < 1.29 is 33.5 Å². The van der Waals surface area contributed by atoms with Gasteiger partial charge in [0.05, 0.1) is 32.5 Å². The van der Waals surface area contributed by atoms with Crippen LogP contribution in [0.25, 0.3) is 0 Å². The zero-order valence-corrected chi connectivity index (χ0v) is 18.5. The highest BCUT2D eigenvalue weighted by atomic mass is 16.7. The molecule has 2 bridgehead atoms. The molecule has 0 aromatic heterocycles. The monoisotopic (exact) mass is 462 g/mol. The van der Waals surface area contributed by atoms with Crippen LogP contribution in [0.1, 0.15) is 18.4 Å². The molecule has 4 amide bonds. The molecule has 1 N–H and O–H groups in total. The fourth-order valence-electron chi connectivity index (χ4n) is 4.14. The van der Waals surface area contributed by atoms with Gasteiger partial charge in [-0.05, 0) is 18.4 Å². The number of rotatable bonds is 10. The molecule has 180 valence electrons. The number of fused-ring (bicyclic) bond motifs is 2. The lowest BCUT2D eigenvalue weighted by Gasteiger charge is -2.29. The maximum absolute atomic E-state index is 12.8. The van der Waals surface area contributed by atoms with Crippen molar-refractivity contribution in [1.29, 1.82) is 0 Å². The van der Waals surface area contributed by atoms with E-state index in [9.17, 15) is 14.4 Å². The average Bonchev–Trinajstić information content (AvgIpc) is 3.09. The number of morpholine rings is 1. The molecule has 11 heteroatoms. The van der Waals surface area contributed by atoms with E-state index in [0.717, 1.165) is 5.56 Å². The summed E-state index contributed by atoms with van der Waals surface area (Å²) in [6.45, 7) is 3.18. The van der Waals surface area contributed by atoms with Crippen LogP contribution in [-0.2, 0) is 35.3 Å². The fraction of sp³-hybridized carbons (Fsp3) is 0.591. The van der Waals surface area contributed by atoms with E-state index in [4.69, 9.17) is 19.1 Å². The van der Waals surface area contributed by atoms with Crippen molar-refractivity contribution in [2.24, 2.45) is 0 Å². The fourth-order valence-corrected chi connectivity index (χ4v) is 4.14. The topological polar surface area (TPSA) is 110 Å². The van der Waals surface area contributed by atoms with Gasteiger partial charge in [0, 0.05) is 19.6 Å². The highest BCUT2D eigenvalue weighted by Crippen LogP contribution is 2.30. The van der Waals surface area contributed by atoms with E-state index in [1.165, 1.54) is 9.96 Å².